The molecule has 2 aliphatic heterocycles. The number of ether oxygens (including phenoxy) is 2. The SMILES string of the molecule is O=C(Nc1n[nH]c2ccccc12)ON1CCC(O)(c2ccc3c(c2)OCO3)CC1. The Balaban J connectivity index is 1.20. The van der Waals surface area contributed by atoms with Crippen molar-refractivity contribution in [3.05, 3.63) is 48.0 Å². The number of hydroxylamine groups is 2. The zero-order chi connectivity index (χ0) is 19.8. The molecule has 9 nitrogen and oxygen atoms in total. The van der Waals surface area contributed by atoms with Gasteiger partial charge in [-0.25, -0.2) is 4.79 Å². The summed E-state index contributed by atoms with van der Waals surface area (Å²) in [7, 11) is 0. The topological polar surface area (TPSA) is 109 Å². The number of para-hydroxylation sites is 1. The molecule has 2 aliphatic rings. The summed E-state index contributed by atoms with van der Waals surface area (Å²) >= 11 is 0. The molecular weight excluding hydrogens is 376 g/mol. The highest BCUT2D eigenvalue weighted by Crippen LogP contribution is 2.39. The van der Waals surface area contributed by atoms with Gasteiger partial charge in [0.25, 0.3) is 0 Å². The first-order chi connectivity index (χ1) is 14.1. The van der Waals surface area contributed by atoms with E-state index in [1.54, 1.807) is 11.1 Å². The van der Waals surface area contributed by atoms with Crippen molar-refractivity contribution < 1.29 is 24.2 Å². The van der Waals surface area contributed by atoms with Crippen molar-refractivity contribution in [3.63, 3.8) is 0 Å². The number of hydrogen-bond donors (Lipinski definition) is 3. The van der Waals surface area contributed by atoms with E-state index in [1.165, 1.54) is 0 Å². The van der Waals surface area contributed by atoms with Crippen LogP contribution in [0, 0.1) is 0 Å². The number of nitrogens with zero attached hydrogens (tertiary/aromatic N) is 2. The first-order valence-corrected chi connectivity index (χ1v) is 9.40. The van der Waals surface area contributed by atoms with Gasteiger partial charge in [0.15, 0.2) is 17.3 Å². The maximum atomic E-state index is 12.3. The number of benzene rings is 2. The number of hydrogen-bond acceptors (Lipinski definition) is 7. The molecule has 0 unspecified atom stereocenters. The van der Waals surface area contributed by atoms with Gasteiger partial charge in [-0.1, -0.05) is 18.2 Å². The number of anilines is 1. The lowest BCUT2D eigenvalue weighted by Crippen LogP contribution is -2.43. The standard InChI is InChI=1S/C20H20N4O5/c25-19(21-18-14-3-1-2-4-15(14)22-23-18)29-24-9-7-20(26,8-10-24)13-5-6-16-17(11-13)28-12-27-16/h1-6,11,26H,7-10,12H2,(H2,21,22,23,25). The molecule has 0 saturated carbocycles. The summed E-state index contributed by atoms with van der Waals surface area (Å²) in [4.78, 5) is 17.7. The molecule has 0 spiro atoms. The first-order valence-electron chi connectivity index (χ1n) is 9.40. The predicted molar refractivity (Wildman–Crippen MR) is 103 cm³/mol. The van der Waals surface area contributed by atoms with Crippen molar-refractivity contribution in [2.75, 3.05) is 25.2 Å². The van der Waals surface area contributed by atoms with Gasteiger partial charge in [0, 0.05) is 18.5 Å². The number of aromatic nitrogens is 2. The van der Waals surface area contributed by atoms with Gasteiger partial charge in [-0.05, 0) is 42.7 Å². The van der Waals surface area contributed by atoms with Gasteiger partial charge in [-0.2, -0.15) is 5.10 Å². The molecule has 29 heavy (non-hydrogen) atoms. The summed E-state index contributed by atoms with van der Waals surface area (Å²) in [6.45, 7) is 0.999. The van der Waals surface area contributed by atoms with Crippen molar-refractivity contribution in [2.24, 2.45) is 0 Å². The van der Waals surface area contributed by atoms with Crippen molar-refractivity contribution in [3.8, 4) is 11.5 Å². The Bertz CT molecular complexity index is 1060. The summed E-state index contributed by atoms with van der Waals surface area (Å²) in [5, 5.41) is 23.0. The molecule has 1 saturated heterocycles. The Morgan fingerprint density at radius 2 is 1.97 bits per heavy atom. The molecule has 5 rings (SSSR count). The summed E-state index contributed by atoms with van der Waals surface area (Å²) in [5.41, 5.74) is 0.596. The van der Waals surface area contributed by atoms with Gasteiger partial charge in [-0.3, -0.25) is 10.4 Å². The van der Waals surface area contributed by atoms with E-state index >= 15 is 0 Å². The summed E-state index contributed by atoms with van der Waals surface area (Å²) in [6.07, 6.45) is 0.229. The van der Waals surface area contributed by atoms with Crippen molar-refractivity contribution in [1.82, 2.24) is 15.3 Å². The Morgan fingerprint density at radius 3 is 2.83 bits per heavy atom. The van der Waals surface area contributed by atoms with Crippen LogP contribution >= 0.6 is 0 Å². The van der Waals surface area contributed by atoms with E-state index in [0.717, 1.165) is 16.5 Å². The maximum Gasteiger partial charge on any atom is 0.432 e. The molecule has 9 heteroatoms. The van der Waals surface area contributed by atoms with Crippen LogP contribution in [0.15, 0.2) is 42.5 Å². The Hall–Kier alpha value is -3.30. The van der Waals surface area contributed by atoms with Gasteiger partial charge < -0.3 is 19.4 Å². The van der Waals surface area contributed by atoms with Gasteiger partial charge in [0.1, 0.15) is 0 Å². The van der Waals surface area contributed by atoms with Crippen LogP contribution in [-0.4, -0.2) is 46.3 Å². The van der Waals surface area contributed by atoms with Crippen LogP contribution in [-0.2, 0) is 10.4 Å². The zero-order valence-corrected chi connectivity index (χ0v) is 15.6. The van der Waals surface area contributed by atoms with Crippen LogP contribution in [0.1, 0.15) is 18.4 Å². The third-order valence-electron chi connectivity index (χ3n) is 5.36. The highest BCUT2D eigenvalue weighted by Gasteiger charge is 2.36. The average Bonchev–Trinajstić information content (AvgIpc) is 3.36. The number of nitrogens with one attached hydrogen (secondary N) is 2. The van der Waals surface area contributed by atoms with Gasteiger partial charge >= 0.3 is 6.09 Å². The number of fused-ring (bicyclic) bond motifs is 2. The van der Waals surface area contributed by atoms with Crippen molar-refractivity contribution >= 4 is 22.8 Å². The highest BCUT2D eigenvalue weighted by atomic mass is 16.7. The molecule has 2 aromatic carbocycles. The molecule has 0 atom stereocenters. The van der Waals surface area contributed by atoms with E-state index in [-0.39, 0.29) is 6.79 Å². The number of amides is 1. The molecule has 1 aromatic heterocycles. The van der Waals surface area contributed by atoms with Gasteiger partial charge in [-0.15, -0.1) is 5.06 Å². The number of aromatic amines is 1. The molecule has 1 fully saturated rings. The number of carbonyl (C=O) groups is 1. The lowest BCUT2D eigenvalue weighted by Gasteiger charge is -2.37. The van der Waals surface area contributed by atoms with Crippen LogP contribution in [0.5, 0.6) is 11.5 Å². The highest BCUT2D eigenvalue weighted by molar-refractivity contribution is 5.96. The molecule has 150 valence electrons. The summed E-state index contributed by atoms with van der Waals surface area (Å²) in [5.74, 6) is 1.74. The lowest BCUT2D eigenvalue weighted by atomic mass is 9.85. The molecule has 0 aliphatic carbocycles. The number of H-pyrrole nitrogens is 1. The van der Waals surface area contributed by atoms with Gasteiger partial charge in [0.05, 0.1) is 11.1 Å². The van der Waals surface area contributed by atoms with E-state index in [9.17, 15) is 9.90 Å². The van der Waals surface area contributed by atoms with E-state index in [2.05, 4.69) is 15.5 Å². The summed E-state index contributed by atoms with van der Waals surface area (Å²) in [6, 6.07) is 13.0. The predicted octanol–water partition coefficient (Wildman–Crippen LogP) is 2.74. The Kier molecular flexibility index (Phi) is 4.26. The number of aliphatic hydroxyl groups is 1. The second kappa shape index (κ2) is 6.94. The lowest BCUT2D eigenvalue weighted by molar-refractivity contribution is -0.148. The quantitative estimate of drug-likeness (QED) is 0.625. The molecule has 3 aromatic rings. The number of rotatable bonds is 3. The molecule has 0 radical (unpaired) electrons. The van der Waals surface area contributed by atoms with Crippen molar-refractivity contribution in [2.45, 2.75) is 18.4 Å². The summed E-state index contributed by atoms with van der Waals surface area (Å²) < 4.78 is 10.7. The Labute approximate surface area is 166 Å². The van der Waals surface area contributed by atoms with E-state index in [4.69, 9.17) is 14.3 Å². The monoisotopic (exact) mass is 396 g/mol. The first kappa shape index (κ1) is 17.8. The average molecular weight is 396 g/mol. The number of carbonyl (C=O) groups excluding carboxylic acids is 1. The van der Waals surface area contributed by atoms with E-state index in [0.29, 0.717) is 43.2 Å². The van der Waals surface area contributed by atoms with E-state index < -0.39 is 11.7 Å². The minimum absolute atomic E-state index is 0.194. The zero-order valence-electron chi connectivity index (χ0n) is 15.6. The second-order valence-electron chi connectivity index (χ2n) is 7.15. The minimum atomic E-state index is -1.00. The number of piperidine rings is 1. The normalized spacial score (nSPS) is 18.0. The van der Waals surface area contributed by atoms with Crippen molar-refractivity contribution in [1.29, 1.82) is 0 Å². The fourth-order valence-corrected chi connectivity index (χ4v) is 3.72. The van der Waals surface area contributed by atoms with Gasteiger partial charge in [0.2, 0.25) is 6.79 Å². The van der Waals surface area contributed by atoms with E-state index in [1.807, 2.05) is 36.4 Å². The Morgan fingerprint density at radius 1 is 1.17 bits per heavy atom. The third kappa shape index (κ3) is 3.34. The third-order valence-corrected chi connectivity index (χ3v) is 5.36. The fraction of sp³-hybridized carbons (Fsp3) is 0.300. The van der Waals surface area contributed by atoms with Crippen LogP contribution in [0.3, 0.4) is 0 Å². The van der Waals surface area contributed by atoms with Crippen LogP contribution < -0.4 is 14.8 Å². The second-order valence-corrected chi connectivity index (χ2v) is 7.15. The molecule has 0 bridgehead atoms. The molecular formula is C20H20N4O5. The van der Waals surface area contributed by atoms with Crippen LogP contribution in [0.2, 0.25) is 0 Å². The molecule has 1 amide bonds. The fourth-order valence-electron chi connectivity index (χ4n) is 3.72. The largest absolute Gasteiger partial charge is 0.454 e. The minimum Gasteiger partial charge on any atom is -0.454 e. The maximum absolute atomic E-state index is 12.3. The molecule has 3 heterocycles. The van der Waals surface area contributed by atoms with Crippen LogP contribution in [0.4, 0.5) is 10.6 Å². The smallest absolute Gasteiger partial charge is 0.432 e. The molecule has 3 N–H and O–H groups in total. The van der Waals surface area contributed by atoms with Crippen LogP contribution in [0.25, 0.3) is 10.9 Å².